The lowest BCUT2D eigenvalue weighted by molar-refractivity contribution is 0.0626. The predicted octanol–water partition coefficient (Wildman–Crippen LogP) is 0.717. The zero-order valence-electron chi connectivity index (χ0n) is 12.0. The van der Waals surface area contributed by atoms with Gasteiger partial charge in [-0.2, -0.15) is 0 Å². The topological polar surface area (TPSA) is 103 Å². The van der Waals surface area contributed by atoms with E-state index in [9.17, 15) is 4.79 Å². The lowest BCUT2D eigenvalue weighted by Crippen LogP contribution is -2.50. The van der Waals surface area contributed by atoms with Crippen LogP contribution >= 0.6 is 0 Å². The van der Waals surface area contributed by atoms with Gasteiger partial charge in [0.25, 0.3) is 5.91 Å². The van der Waals surface area contributed by atoms with Crippen molar-refractivity contribution in [2.75, 3.05) is 25.1 Å². The molecule has 0 radical (unpaired) electrons. The Morgan fingerprint density at radius 3 is 2.65 bits per heavy atom. The van der Waals surface area contributed by atoms with Gasteiger partial charge in [-0.15, -0.1) is 0 Å². The summed E-state index contributed by atoms with van der Waals surface area (Å²) in [5, 5.41) is 3.36. The summed E-state index contributed by atoms with van der Waals surface area (Å²) in [7, 11) is 0. The molecule has 1 aliphatic rings. The van der Waals surface area contributed by atoms with Gasteiger partial charge in [-0.3, -0.25) is 4.79 Å². The number of ether oxygens (including phenoxy) is 1. The van der Waals surface area contributed by atoms with E-state index in [0.29, 0.717) is 31.1 Å². The third-order valence-corrected chi connectivity index (χ3v) is 3.82. The third kappa shape index (κ3) is 2.91. The molecule has 1 aromatic heterocycles. The molecule has 1 aliphatic heterocycles. The first-order chi connectivity index (χ1) is 9.47. The first-order valence-corrected chi connectivity index (χ1v) is 6.81. The molecule has 0 saturated carbocycles. The molecular weight excluding hydrogens is 256 g/mol. The van der Waals surface area contributed by atoms with Crippen LogP contribution in [0.5, 0.6) is 0 Å². The number of nitrogens with zero attached hydrogens (tertiary/aromatic N) is 1. The fourth-order valence-corrected chi connectivity index (χ4v) is 2.63. The lowest BCUT2D eigenvalue weighted by Gasteiger charge is -2.38. The molecule has 20 heavy (non-hydrogen) atoms. The van der Waals surface area contributed by atoms with Crippen LogP contribution in [-0.2, 0) is 4.74 Å². The van der Waals surface area contributed by atoms with Crippen LogP contribution in [0.4, 0.5) is 5.82 Å². The van der Waals surface area contributed by atoms with Crippen LogP contribution in [0.2, 0.25) is 0 Å². The van der Waals surface area contributed by atoms with Crippen LogP contribution in [0.1, 0.15) is 34.5 Å². The molecule has 0 unspecified atom stereocenters. The highest BCUT2D eigenvalue weighted by Gasteiger charge is 2.32. The molecule has 1 fully saturated rings. The molecule has 2 heterocycles. The van der Waals surface area contributed by atoms with E-state index < -0.39 is 5.91 Å². The van der Waals surface area contributed by atoms with Gasteiger partial charge in [0.2, 0.25) is 0 Å². The fraction of sp³-hybridized carbons (Fsp3) is 0.571. The van der Waals surface area contributed by atoms with Crippen LogP contribution in [0.25, 0.3) is 0 Å². The van der Waals surface area contributed by atoms with E-state index in [1.165, 1.54) is 0 Å². The number of carbonyl (C=O) groups is 1. The highest BCUT2D eigenvalue weighted by molar-refractivity contribution is 5.99. The van der Waals surface area contributed by atoms with Crippen molar-refractivity contribution in [2.45, 2.75) is 32.2 Å². The quantitative estimate of drug-likeness (QED) is 0.753. The summed E-state index contributed by atoms with van der Waals surface area (Å²) in [6.45, 7) is 5.52. The zero-order chi connectivity index (χ0) is 14.8. The zero-order valence-corrected chi connectivity index (χ0v) is 12.0. The van der Waals surface area contributed by atoms with Gasteiger partial charge in [-0.25, -0.2) is 4.98 Å². The Morgan fingerprint density at radius 2 is 2.10 bits per heavy atom. The molecule has 1 saturated heterocycles. The monoisotopic (exact) mass is 278 g/mol. The van der Waals surface area contributed by atoms with Gasteiger partial charge >= 0.3 is 0 Å². The smallest absolute Gasteiger partial charge is 0.252 e. The second kappa shape index (κ2) is 5.76. The SMILES string of the molecule is Cc1cc(C)c(C(N)=O)c(NC2(CN)CCOCC2)n1. The minimum absolute atomic E-state index is 0.282. The van der Waals surface area contributed by atoms with Crippen molar-refractivity contribution in [2.24, 2.45) is 11.5 Å². The molecular formula is C14H22N4O2. The average molecular weight is 278 g/mol. The molecule has 2 rings (SSSR count). The van der Waals surface area contributed by atoms with Gasteiger partial charge in [-0.05, 0) is 38.3 Å². The highest BCUT2D eigenvalue weighted by Crippen LogP contribution is 2.27. The minimum atomic E-state index is -0.475. The normalized spacial score (nSPS) is 17.8. The van der Waals surface area contributed by atoms with E-state index in [4.69, 9.17) is 16.2 Å². The highest BCUT2D eigenvalue weighted by atomic mass is 16.5. The number of amides is 1. The average Bonchev–Trinajstić information content (AvgIpc) is 2.38. The summed E-state index contributed by atoms with van der Waals surface area (Å²) in [5.41, 5.74) is 13.2. The summed E-state index contributed by atoms with van der Waals surface area (Å²) in [5.74, 6) is 0.0547. The van der Waals surface area contributed by atoms with Crippen LogP contribution in [0, 0.1) is 13.8 Å². The van der Waals surface area contributed by atoms with Crippen molar-refractivity contribution in [3.05, 3.63) is 22.9 Å². The maximum atomic E-state index is 11.7. The standard InChI is InChI=1S/C14H22N4O2/c1-9-7-10(2)17-13(11(9)12(16)19)18-14(8-15)3-5-20-6-4-14/h7H,3-6,8,15H2,1-2H3,(H2,16,19)(H,17,18). The third-order valence-electron chi connectivity index (χ3n) is 3.82. The van der Waals surface area contributed by atoms with Crippen molar-refractivity contribution in [3.8, 4) is 0 Å². The minimum Gasteiger partial charge on any atom is -0.381 e. The van der Waals surface area contributed by atoms with Crippen molar-refractivity contribution in [1.82, 2.24) is 4.98 Å². The number of primary amides is 1. The van der Waals surface area contributed by atoms with Crippen molar-refractivity contribution in [1.29, 1.82) is 0 Å². The van der Waals surface area contributed by atoms with Crippen molar-refractivity contribution < 1.29 is 9.53 Å². The number of carbonyl (C=O) groups excluding carboxylic acids is 1. The van der Waals surface area contributed by atoms with E-state index >= 15 is 0 Å². The predicted molar refractivity (Wildman–Crippen MR) is 77.7 cm³/mol. The van der Waals surface area contributed by atoms with E-state index in [0.717, 1.165) is 24.1 Å². The number of anilines is 1. The van der Waals surface area contributed by atoms with Crippen LogP contribution in [-0.4, -0.2) is 36.2 Å². The molecule has 0 spiro atoms. The molecule has 0 aliphatic carbocycles. The Bertz CT molecular complexity index is 510. The maximum Gasteiger partial charge on any atom is 0.252 e. The first-order valence-electron chi connectivity index (χ1n) is 6.81. The van der Waals surface area contributed by atoms with E-state index in [1.54, 1.807) is 0 Å². The van der Waals surface area contributed by atoms with Gasteiger partial charge in [0, 0.05) is 25.5 Å². The van der Waals surface area contributed by atoms with E-state index in [2.05, 4.69) is 10.3 Å². The summed E-state index contributed by atoms with van der Waals surface area (Å²) >= 11 is 0. The number of rotatable bonds is 4. The molecule has 6 nitrogen and oxygen atoms in total. The Kier molecular flexibility index (Phi) is 4.25. The number of hydrogen-bond acceptors (Lipinski definition) is 5. The second-order valence-corrected chi connectivity index (χ2v) is 5.39. The number of aromatic nitrogens is 1. The van der Waals surface area contributed by atoms with Crippen LogP contribution in [0.15, 0.2) is 6.07 Å². The number of hydrogen-bond donors (Lipinski definition) is 3. The van der Waals surface area contributed by atoms with Crippen LogP contribution in [0.3, 0.4) is 0 Å². The Morgan fingerprint density at radius 1 is 1.45 bits per heavy atom. The van der Waals surface area contributed by atoms with E-state index in [1.807, 2.05) is 19.9 Å². The molecule has 5 N–H and O–H groups in total. The summed E-state index contributed by atoms with van der Waals surface area (Å²) in [6, 6.07) is 1.85. The summed E-state index contributed by atoms with van der Waals surface area (Å²) < 4.78 is 5.38. The van der Waals surface area contributed by atoms with Gasteiger partial charge < -0.3 is 21.5 Å². The van der Waals surface area contributed by atoms with Gasteiger partial charge in [-0.1, -0.05) is 0 Å². The summed E-state index contributed by atoms with van der Waals surface area (Å²) in [6.07, 6.45) is 1.58. The van der Waals surface area contributed by atoms with Gasteiger partial charge in [0.15, 0.2) is 0 Å². The molecule has 0 aromatic carbocycles. The maximum absolute atomic E-state index is 11.7. The molecule has 110 valence electrons. The summed E-state index contributed by atoms with van der Waals surface area (Å²) in [4.78, 5) is 16.1. The molecule has 1 amide bonds. The van der Waals surface area contributed by atoms with Gasteiger partial charge in [0.1, 0.15) is 5.82 Å². The molecule has 0 bridgehead atoms. The number of nitrogens with one attached hydrogen (secondary N) is 1. The van der Waals surface area contributed by atoms with E-state index in [-0.39, 0.29) is 5.54 Å². The molecule has 0 atom stereocenters. The Labute approximate surface area is 118 Å². The fourth-order valence-electron chi connectivity index (χ4n) is 2.63. The number of pyridine rings is 1. The lowest BCUT2D eigenvalue weighted by atomic mass is 9.89. The second-order valence-electron chi connectivity index (χ2n) is 5.39. The molecule has 6 heteroatoms. The first kappa shape index (κ1) is 14.7. The Hall–Kier alpha value is -1.66. The van der Waals surface area contributed by atoms with Crippen molar-refractivity contribution in [3.63, 3.8) is 0 Å². The Balaban J connectivity index is 2.38. The largest absolute Gasteiger partial charge is 0.381 e. The van der Waals surface area contributed by atoms with Crippen molar-refractivity contribution >= 4 is 11.7 Å². The molecule has 1 aromatic rings. The van der Waals surface area contributed by atoms with Gasteiger partial charge in [0.05, 0.1) is 11.1 Å². The number of aryl methyl sites for hydroxylation is 2. The number of nitrogens with two attached hydrogens (primary N) is 2. The van der Waals surface area contributed by atoms with Crippen LogP contribution < -0.4 is 16.8 Å².